The van der Waals surface area contributed by atoms with E-state index < -0.39 is 13.7 Å². The Hall–Kier alpha value is -0.283. The van der Waals surface area contributed by atoms with E-state index in [0.717, 1.165) is 23.0 Å². The number of alkyl halides is 1. The van der Waals surface area contributed by atoms with E-state index in [-0.39, 0.29) is 0 Å². The lowest BCUT2D eigenvalue weighted by Crippen LogP contribution is -2.47. The molecule has 1 unspecified atom stereocenters. The highest BCUT2D eigenvalue weighted by Crippen LogP contribution is 2.47. The minimum atomic E-state index is -1.93. The molecule has 1 rings (SSSR count). The lowest BCUT2D eigenvalue weighted by molar-refractivity contribution is 0.362. The van der Waals surface area contributed by atoms with E-state index in [4.69, 9.17) is 4.43 Å². The molecule has 4 heteroatoms. The number of hydrogen-bond acceptors (Lipinski definition) is 2. The fraction of sp³-hybridized carbons (Fsp3) is 0.750. The van der Waals surface area contributed by atoms with Crippen LogP contribution in [0.15, 0.2) is 23.0 Å². The molecule has 0 aromatic heterocycles. The quantitative estimate of drug-likeness (QED) is 0.220. The van der Waals surface area contributed by atoms with E-state index in [0.29, 0.717) is 16.6 Å². The molecule has 0 heterocycles. The molecule has 0 aromatic carbocycles. The number of rotatable bonds is 8. The van der Waals surface area contributed by atoms with E-state index in [1.807, 2.05) is 0 Å². The molecule has 0 N–H and O–H groups in total. The fourth-order valence-corrected chi connectivity index (χ4v) is 10.9. The van der Waals surface area contributed by atoms with Gasteiger partial charge in [0, 0.05) is 10.8 Å². The van der Waals surface area contributed by atoms with E-state index in [1.54, 1.807) is 0 Å². The molecule has 1 atom stereocenters. The smallest absolute Gasteiger partial charge is 0.258 e. The van der Waals surface area contributed by atoms with Gasteiger partial charge in [-0.15, -0.1) is 0 Å². The summed E-state index contributed by atoms with van der Waals surface area (Å²) in [7, 11) is -1.93. The number of nitrogens with zero attached hydrogens (tertiary/aromatic N) is 1. The largest absolute Gasteiger partial charge is 0.545 e. The molecule has 1 aliphatic rings. The van der Waals surface area contributed by atoms with Crippen LogP contribution in [0.4, 0.5) is 0 Å². The van der Waals surface area contributed by atoms with Crippen LogP contribution in [0.25, 0.3) is 0 Å². The molecule has 0 fully saturated rings. The molecule has 24 heavy (non-hydrogen) atoms. The van der Waals surface area contributed by atoms with E-state index in [2.05, 4.69) is 90.1 Å². The Bertz CT molecular complexity index is 535. The van der Waals surface area contributed by atoms with Crippen LogP contribution in [0, 0.1) is 16.7 Å². The second-order valence-corrected chi connectivity index (χ2v) is 14.6. The van der Waals surface area contributed by atoms with Gasteiger partial charge in [-0.25, -0.2) is 0 Å². The molecule has 0 spiro atoms. The maximum Gasteiger partial charge on any atom is 0.258 e. The zero-order chi connectivity index (χ0) is 18.7. The van der Waals surface area contributed by atoms with Crippen molar-refractivity contribution < 1.29 is 4.43 Å². The molecule has 0 saturated heterocycles. The van der Waals surface area contributed by atoms with Crippen LogP contribution in [-0.2, 0) is 4.43 Å². The maximum absolute atomic E-state index is 9.73. The monoisotopic (exact) mass is 459 g/mol. The predicted molar refractivity (Wildman–Crippen MR) is 115 cm³/mol. The Morgan fingerprint density at radius 2 is 1.71 bits per heavy atom. The Balaban J connectivity index is 3.23. The second kappa shape index (κ2) is 8.40. The van der Waals surface area contributed by atoms with Gasteiger partial charge < -0.3 is 4.43 Å². The normalized spacial score (nSPS) is 18.2. The average molecular weight is 459 g/mol. The third-order valence-electron chi connectivity index (χ3n) is 5.76. The lowest BCUT2D eigenvalue weighted by Gasteiger charge is -2.43. The molecule has 2 nitrogen and oxygen atoms in total. The third-order valence-corrected chi connectivity index (χ3v) is 12.3. The highest BCUT2D eigenvalue weighted by molar-refractivity contribution is 14.1. The Morgan fingerprint density at radius 1 is 1.21 bits per heavy atom. The average Bonchev–Trinajstić information content (AvgIpc) is 2.85. The second-order valence-electron chi connectivity index (χ2n) is 8.17. The number of halogens is 1. The predicted octanol–water partition coefficient (Wildman–Crippen LogP) is 7.14. The van der Waals surface area contributed by atoms with Crippen LogP contribution in [-0.4, -0.2) is 12.7 Å². The van der Waals surface area contributed by atoms with Crippen molar-refractivity contribution in [3.8, 4) is 6.07 Å². The SMILES string of the molecule is CC1=C(O[Si](C(C)C)(C(C)C)C(C)C)CC=C1C(C)(C#N)CCI. The Morgan fingerprint density at radius 3 is 2.08 bits per heavy atom. The minimum Gasteiger partial charge on any atom is -0.545 e. The van der Waals surface area contributed by atoms with Crippen LogP contribution < -0.4 is 0 Å². The summed E-state index contributed by atoms with van der Waals surface area (Å²) in [6.07, 6.45) is 3.97. The van der Waals surface area contributed by atoms with Crippen LogP contribution in [0.5, 0.6) is 0 Å². The van der Waals surface area contributed by atoms with Gasteiger partial charge in [0.25, 0.3) is 8.32 Å². The zero-order valence-electron chi connectivity index (χ0n) is 16.7. The topological polar surface area (TPSA) is 33.0 Å². The molecule has 0 saturated carbocycles. The molecule has 0 bridgehead atoms. The van der Waals surface area contributed by atoms with Crippen molar-refractivity contribution in [2.24, 2.45) is 5.41 Å². The summed E-state index contributed by atoms with van der Waals surface area (Å²) in [4.78, 5) is 0. The van der Waals surface area contributed by atoms with Crippen molar-refractivity contribution in [1.82, 2.24) is 0 Å². The lowest BCUT2D eigenvalue weighted by atomic mass is 9.79. The van der Waals surface area contributed by atoms with Gasteiger partial charge in [0.05, 0.1) is 17.2 Å². The molecular weight excluding hydrogens is 425 g/mol. The first kappa shape index (κ1) is 21.8. The summed E-state index contributed by atoms with van der Waals surface area (Å²) in [5.74, 6) is 1.13. The fourth-order valence-electron chi connectivity index (χ4n) is 4.42. The van der Waals surface area contributed by atoms with Crippen molar-refractivity contribution in [2.45, 2.75) is 84.9 Å². The summed E-state index contributed by atoms with van der Waals surface area (Å²) in [6, 6.07) is 2.55. The third kappa shape index (κ3) is 3.93. The van der Waals surface area contributed by atoms with Gasteiger partial charge in [-0.05, 0) is 48.0 Å². The van der Waals surface area contributed by atoms with Crippen LogP contribution >= 0.6 is 22.6 Å². The summed E-state index contributed by atoms with van der Waals surface area (Å²) in [5.41, 5.74) is 3.71. The molecule has 0 aromatic rings. The standard InChI is InChI=1S/C20H34INOSi/c1-14(2)24(15(3)4,16(5)6)23-19-10-9-18(17(19)7)20(8,13-22)11-12-21/h9,14-16H,10-12H2,1-8H3. The molecule has 1 aliphatic carbocycles. The number of allylic oxidation sites excluding steroid dienone is 3. The first-order valence-corrected chi connectivity index (χ1v) is 12.8. The summed E-state index contributed by atoms with van der Waals surface area (Å²) in [5, 5.41) is 9.73. The van der Waals surface area contributed by atoms with Crippen LogP contribution in [0.2, 0.25) is 16.6 Å². The van der Waals surface area contributed by atoms with Gasteiger partial charge in [-0.1, -0.05) is 70.2 Å². The van der Waals surface area contributed by atoms with Crippen molar-refractivity contribution >= 4 is 30.9 Å². The van der Waals surface area contributed by atoms with Crippen molar-refractivity contribution in [2.75, 3.05) is 4.43 Å². The van der Waals surface area contributed by atoms with E-state index >= 15 is 0 Å². The molecule has 0 amide bonds. The molecule has 136 valence electrons. The highest BCUT2D eigenvalue weighted by Gasteiger charge is 2.48. The van der Waals surface area contributed by atoms with Gasteiger partial charge in [0.1, 0.15) is 0 Å². The van der Waals surface area contributed by atoms with Crippen molar-refractivity contribution in [1.29, 1.82) is 5.26 Å². The zero-order valence-corrected chi connectivity index (χ0v) is 19.8. The van der Waals surface area contributed by atoms with Crippen LogP contribution in [0.1, 0.15) is 68.2 Å². The van der Waals surface area contributed by atoms with Gasteiger partial charge >= 0.3 is 0 Å². The summed E-state index contributed by atoms with van der Waals surface area (Å²) < 4.78 is 7.89. The van der Waals surface area contributed by atoms with E-state index in [1.165, 1.54) is 11.1 Å². The van der Waals surface area contributed by atoms with Crippen molar-refractivity contribution in [3.05, 3.63) is 23.0 Å². The number of nitriles is 1. The molecule has 0 aliphatic heterocycles. The molecule has 0 radical (unpaired) electrons. The van der Waals surface area contributed by atoms with Gasteiger partial charge in [0.2, 0.25) is 0 Å². The Labute approximate surface area is 164 Å². The minimum absolute atomic E-state index is 0.395. The maximum atomic E-state index is 9.73. The van der Waals surface area contributed by atoms with Gasteiger partial charge in [0.15, 0.2) is 0 Å². The molecular formula is C20H34INOSi. The number of hydrogen-bond donors (Lipinski definition) is 0. The van der Waals surface area contributed by atoms with Gasteiger partial charge in [-0.2, -0.15) is 5.26 Å². The van der Waals surface area contributed by atoms with Crippen molar-refractivity contribution in [3.63, 3.8) is 0 Å². The Kier molecular flexibility index (Phi) is 7.61. The van der Waals surface area contributed by atoms with E-state index in [9.17, 15) is 5.26 Å². The summed E-state index contributed by atoms with van der Waals surface area (Å²) >= 11 is 2.36. The highest BCUT2D eigenvalue weighted by atomic mass is 127. The van der Waals surface area contributed by atoms with Crippen LogP contribution in [0.3, 0.4) is 0 Å². The van der Waals surface area contributed by atoms with Gasteiger partial charge in [-0.3, -0.25) is 0 Å². The first-order valence-electron chi connectivity index (χ1n) is 9.13. The summed E-state index contributed by atoms with van der Waals surface area (Å²) in [6.45, 7) is 18.1. The first-order chi connectivity index (χ1) is 11.1.